The predicted molar refractivity (Wildman–Crippen MR) is 67.7 cm³/mol. The minimum atomic E-state index is -3.65. The largest absolute Gasteiger partial charge is 0.493 e. The number of rotatable bonds is 5. The van der Waals surface area contributed by atoms with E-state index in [1.54, 1.807) is 12.1 Å². The molecule has 1 aromatic carbocycles. The smallest absolute Gasteiger partial charge is 0.238 e. The second-order valence-electron chi connectivity index (χ2n) is 4.25. The molecular weight excluding hydrogens is 238 g/mol. The van der Waals surface area contributed by atoms with E-state index in [-0.39, 0.29) is 10.8 Å². The van der Waals surface area contributed by atoms with Crippen LogP contribution in [0.4, 0.5) is 0 Å². The highest BCUT2D eigenvalue weighted by Crippen LogP contribution is 2.28. The first-order chi connectivity index (χ1) is 7.86. The lowest BCUT2D eigenvalue weighted by Gasteiger charge is -2.14. The van der Waals surface area contributed by atoms with Crippen LogP contribution in [0.15, 0.2) is 23.1 Å². The topological polar surface area (TPSA) is 69.4 Å². The fourth-order valence-corrected chi connectivity index (χ4v) is 2.05. The van der Waals surface area contributed by atoms with Crippen molar-refractivity contribution < 1.29 is 13.2 Å². The molecule has 96 valence electrons. The summed E-state index contributed by atoms with van der Waals surface area (Å²) >= 11 is 0. The Kier molecular flexibility index (Phi) is 4.54. The molecule has 0 aliphatic carbocycles. The van der Waals surface area contributed by atoms with Crippen LogP contribution < -0.4 is 9.88 Å². The highest BCUT2D eigenvalue weighted by molar-refractivity contribution is 7.89. The Morgan fingerprint density at radius 2 is 2.00 bits per heavy atom. The second-order valence-corrected chi connectivity index (χ2v) is 5.81. The van der Waals surface area contributed by atoms with Gasteiger partial charge in [-0.25, -0.2) is 13.6 Å². The zero-order chi connectivity index (χ0) is 13.1. The first-order valence-corrected chi connectivity index (χ1v) is 7.20. The van der Waals surface area contributed by atoms with E-state index in [0.29, 0.717) is 6.61 Å². The molecule has 1 rings (SSSR count). The van der Waals surface area contributed by atoms with Gasteiger partial charge in [0.15, 0.2) is 0 Å². The molecule has 1 aromatic rings. The SMILES string of the molecule is CCCOc1ccc(S(N)(=O)=O)cc1C(C)C. The van der Waals surface area contributed by atoms with Gasteiger partial charge < -0.3 is 4.74 Å². The number of nitrogens with two attached hydrogens (primary N) is 1. The van der Waals surface area contributed by atoms with Crippen LogP contribution in [0.25, 0.3) is 0 Å². The van der Waals surface area contributed by atoms with Gasteiger partial charge in [0, 0.05) is 0 Å². The Morgan fingerprint density at radius 3 is 2.47 bits per heavy atom. The summed E-state index contributed by atoms with van der Waals surface area (Å²) in [6, 6.07) is 4.74. The van der Waals surface area contributed by atoms with E-state index in [9.17, 15) is 8.42 Å². The van der Waals surface area contributed by atoms with Crippen molar-refractivity contribution >= 4 is 10.0 Å². The molecule has 0 bridgehead atoms. The van der Waals surface area contributed by atoms with Crippen molar-refractivity contribution in [1.29, 1.82) is 0 Å². The van der Waals surface area contributed by atoms with E-state index in [0.717, 1.165) is 17.7 Å². The third-order valence-corrected chi connectivity index (χ3v) is 3.30. The second kappa shape index (κ2) is 5.51. The van der Waals surface area contributed by atoms with Crippen molar-refractivity contribution in [3.8, 4) is 5.75 Å². The number of hydrogen-bond acceptors (Lipinski definition) is 3. The van der Waals surface area contributed by atoms with E-state index >= 15 is 0 Å². The molecule has 4 nitrogen and oxygen atoms in total. The van der Waals surface area contributed by atoms with Crippen LogP contribution in [0.1, 0.15) is 38.7 Å². The van der Waals surface area contributed by atoms with Crippen LogP contribution in [-0.2, 0) is 10.0 Å². The Labute approximate surface area is 103 Å². The number of sulfonamides is 1. The van der Waals surface area contributed by atoms with Crippen LogP contribution in [0.3, 0.4) is 0 Å². The van der Waals surface area contributed by atoms with Crippen molar-refractivity contribution in [3.05, 3.63) is 23.8 Å². The molecule has 5 heteroatoms. The Bertz CT molecular complexity index is 481. The molecule has 0 spiro atoms. The molecule has 17 heavy (non-hydrogen) atoms. The van der Waals surface area contributed by atoms with Gasteiger partial charge in [0.25, 0.3) is 0 Å². The molecule has 0 heterocycles. The van der Waals surface area contributed by atoms with E-state index in [2.05, 4.69) is 0 Å². The van der Waals surface area contributed by atoms with Crippen molar-refractivity contribution in [2.75, 3.05) is 6.61 Å². The van der Waals surface area contributed by atoms with Crippen molar-refractivity contribution in [3.63, 3.8) is 0 Å². The fraction of sp³-hybridized carbons (Fsp3) is 0.500. The van der Waals surface area contributed by atoms with Gasteiger partial charge in [0.05, 0.1) is 11.5 Å². The van der Waals surface area contributed by atoms with Crippen molar-refractivity contribution in [2.24, 2.45) is 5.14 Å². The number of primary sulfonamides is 1. The normalized spacial score (nSPS) is 11.8. The lowest BCUT2D eigenvalue weighted by molar-refractivity contribution is 0.312. The summed E-state index contributed by atoms with van der Waals surface area (Å²) in [6.07, 6.45) is 0.911. The highest BCUT2D eigenvalue weighted by atomic mass is 32.2. The van der Waals surface area contributed by atoms with Gasteiger partial charge in [-0.3, -0.25) is 0 Å². The lowest BCUT2D eigenvalue weighted by atomic mass is 10.0. The van der Waals surface area contributed by atoms with Gasteiger partial charge in [0.1, 0.15) is 5.75 Å². The molecule has 0 aliphatic heterocycles. The average molecular weight is 257 g/mol. The molecule has 0 radical (unpaired) electrons. The first kappa shape index (κ1) is 14.0. The zero-order valence-corrected chi connectivity index (χ0v) is 11.3. The van der Waals surface area contributed by atoms with Gasteiger partial charge in [-0.05, 0) is 36.1 Å². The summed E-state index contributed by atoms with van der Waals surface area (Å²) in [7, 11) is -3.65. The minimum absolute atomic E-state index is 0.130. The van der Waals surface area contributed by atoms with Crippen molar-refractivity contribution in [2.45, 2.75) is 38.0 Å². The molecule has 0 aromatic heterocycles. The lowest BCUT2D eigenvalue weighted by Crippen LogP contribution is -2.13. The standard InChI is InChI=1S/C12H19NO3S/c1-4-7-16-12-6-5-10(17(13,14)15)8-11(12)9(2)3/h5-6,8-9H,4,7H2,1-3H3,(H2,13,14,15). The maximum atomic E-state index is 11.3. The molecule has 0 amide bonds. The first-order valence-electron chi connectivity index (χ1n) is 5.65. The number of ether oxygens (including phenoxy) is 1. The quantitative estimate of drug-likeness (QED) is 0.879. The average Bonchev–Trinajstić information content (AvgIpc) is 2.24. The molecule has 0 saturated carbocycles. The Morgan fingerprint density at radius 1 is 1.35 bits per heavy atom. The molecule has 0 aliphatic rings. The van der Waals surface area contributed by atoms with Gasteiger partial charge in [0.2, 0.25) is 10.0 Å². The van der Waals surface area contributed by atoms with E-state index in [1.165, 1.54) is 6.07 Å². The summed E-state index contributed by atoms with van der Waals surface area (Å²) in [5.41, 5.74) is 0.866. The summed E-state index contributed by atoms with van der Waals surface area (Å²) in [5, 5.41) is 5.11. The summed E-state index contributed by atoms with van der Waals surface area (Å²) in [6.45, 7) is 6.62. The maximum absolute atomic E-state index is 11.3. The Balaban J connectivity index is 3.18. The summed E-state index contributed by atoms with van der Waals surface area (Å²) < 4.78 is 28.1. The highest BCUT2D eigenvalue weighted by Gasteiger charge is 2.14. The van der Waals surface area contributed by atoms with Crippen molar-refractivity contribution in [1.82, 2.24) is 0 Å². The maximum Gasteiger partial charge on any atom is 0.238 e. The van der Waals surface area contributed by atoms with E-state index in [4.69, 9.17) is 9.88 Å². The fourth-order valence-electron chi connectivity index (χ4n) is 1.50. The summed E-state index contributed by atoms with van der Waals surface area (Å²) in [5.74, 6) is 0.915. The van der Waals surface area contributed by atoms with Crippen LogP contribution in [-0.4, -0.2) is 15.0 Å². The third-order valence-electron chi connectivity index (χ3n) is 2.39. The van der Waals surface area contributed by atoms with Gasteiger partial charge in [-0.15, -0.1) is 0 Å². The van der Waals surface area contributed by atoms with Gasteiger partial charge in [-0.1, -0.05) is 20.8 Å². The van der Waals surface area contributed by atoms with E-state index in [1.807, 2.05) is 20.8 Å². The summed E-state index contributed by atoms with van der Waals surface area (Å²) in [4.78, 5) is 0.130. The molecule has 0 fully saturated rings. The van der Waals surface area contributed by atoms with Gasteiger partial charge >= 0.3 is 0 Å². The predicted octanol–water partition coefficient (Wildman–Crippen LogP) is 2.25. The number of hydrogen-bond donors (Lipinski definition) is 1. The zero-order valence-electron chi connectivity index (χ0n) is 10.4. The van der Waals surface area contributed by atoms with Crippen LogP contribution in [0.2, 0.25) is 0 Å². The molecule has 0 unspecified atom stereocenters. The molecule has 0 atom stereocenters. The molecular formula is C12H19NO3S. The Hall–Kier alpha value is -1.07. The van der Waals surface area contributed by atoms with Gasteiger partial charge in [-0.2, -0.15) is 0 Å². The number of benzene rings is 1. The van der Waals surface area contributed by atoms with Crippen LogP contribution in [0, 0.1) is 0 Å². The minimum Gasteiger partial charge on any atom is -0.493 e. The molecule has 2 N–H and O–H groups in total. The van der Waals surface area contributed by atoms with Crippen LogP contribution in [0.5, 0.6) is 5.75 Å². The monoisotopic (exact) mass is 257 g/mol. The van der Waals surface area contributed by atoms with Crippen LogP contribution >= 0.6 is 0 Å². The molecule has 0 saturated heterocycles. The third kappa shape index (κ3) is 3.71. The van der Waals surface area contributed by atoms with E-state index < -0.39 is 10.0 Å².